The lowest BCUT2D eigenvalue weighted by molar-refractivity contribution is -0.376. The Morgan fingerprint density at radius 3 is 1.64 bits per heavy atom. The van der Waals surface area contributed by atoms with Crippen molar-refractivity contribution in [3.63, 3.8) is 0 Å². The topological polar surface area (TPSA) is 57.6 Å². The molecule has 12 heteroatoms. The number of hydrogen-bond donors (Lipinski definition) is 1. The fourth-order valence-corrected chi connectivity index (χ4v) is 3.50. The second-order valence-corrected chi connectivity index (χ2v) is 7.65. The molecule has 1 N–H and O–H groups in total. The van der Waals surface area contributed by atoms with Gasteiger partial charge in [0, 0.05) is 12.6 Å². The molecule has 2 rings (SSSR count). The van der Waals surface area contributed by atoms with Crippen LogP contribution < -0.4 is 4.31 Å². The van der Waals surface area contributed by atoms with Gasteiger partial charge in [0.1, 0.15) is 5.82 Å². The van der Waals surface area contributed by atoms with Gasteiger partial charge in [-0.15, -0.1) is 0 Å². The third-order valence-electron chi connectivity index (χ3n) is 3.94. The van der Waals surface area contributed by atoms with Gasteiger partial charge in [0.2, 0.25) is 0 Å². The van der Waals surface area contributed by atoms with Crippen LogP contribution in [0.2, 0.25) is 0 Å². The van der Waals surface area contributed by atoms with Gasteiger partial charge in [-0.3, -0.25) is 4.31 Å². The molecule has 154 valence electrons. The zero-order valence-corrected chi connectivity index (χ0v) is 14.7. The average Bonchev–Trinajstić information content (AvgIpc) is 2.59. The molecule has 0 aliphatic rings. The summed E-state index contributed by atoms with van der Waals surface area (Å²) in [5.74, 6) is -0.704. The van der Waals surface area contributed by atoms with Crippen molar-refractivity contribution in [2.75, 3.05) is 11.4 Å². The maximum Gasteiger partial charge on any atom is 0.430 e. The normalized spacial score (nSPS) is 13.5. The number of anilines is 1. The highest BCUT2D eigenvalue weighted by molar-refractivity contribution is 7.92. The van der Waals surface area contributed by atoms with Gasteiger partial charge in [-0.2, -0.15) is 26.3 Å². The molecule has 28 heavy (non-hydrogen) atoms. The highest BCUT2D eigenvalue weighted by atomic mass is 32.2. The van der Waals surface area contributed by atoms with Crippen molar-refractivity contribution in [1.29, 1.82) is 0 Å². The summed E-state index contributed by atoms with van der Waals surface area (Å²) in [5, 5.41) is 9.33. The van der Waals surface area contributed by atoms with Gasteiger partial charge in [-0.1, -0.05) is 12.1 Å². The lowest BCUT2D eigenvalue weighted by atomic mass is 9.92. The Morgan fingerprint density at radius 2 is 1.25 bits per heavy atom. The largest absolute Gasteiger partial charge is 0.430 e. The Balaban J connectivity index is 2.45. The number of hydrogen-bond acceptors (Lipinski definition) is 3. The van der Waals surface area contributed by atoms with Gasteiger partial charge in [0.25, 0.3) is 15.6 Å². The number of benzene rings is 2. The zero-order valence-electron chi connectivity index (χ0n) is 13.9. The summed E-state index contributed by atoms with van der Waals surface area (Å²) in [7, 11) is -3.25. The second kappa shape index (κ2) is 6.92. The lowest BCUT2D eigenvalue weighted by Crippen LogP contribution is -2.53. The van der Waals surface area contributed by atoms with E-state index >= 15 is 0 Å². The molecule has 2 aromatic carbocycles. The highest BCUT2D eigenvalue weighted by Crippen LogP contribution is 2.50. The van der Waals surface area contributed by atoms with E-state index in [1.165, 1.54) is 0 Å². The van der Waals surface area contributed by atoms with Crippen molar-refractivity contribution in [2.24, 2.45) is 0 Å². The number of alkyl halides is 6. The molecule has 0 saturated carbocycles. The predicted molar refractivity (Wildman–Crippen MR) is 84.4 cm³/mol. The van der Waals surface area contributed by atoms with E-state index in [-0.39, 0.29) is 10.6 Å². The van der Waals surface area contributed by atoms with Gasteiger partial charge < -0.3 is 5.11 Å². The Morgan fingerprint density at radius 1 is 0.821 bits per heavy atom. The third-order valence-corrected chi connectivity index (χ3v) is 5.74. The standard InChI is InChI=1S/C16H12F7NO3S/c1-24(28(26,27)13-8-4-11(17)5-9-13)12-6-2-10(3-7-12)14(25,15(18,19)20)16(21,22)23/h2-9,25H,1H3. The Hall–Kier alpha value is -2.34. The van der Waals surface area contributed by atoms with E-state index < -0.39 is 39.4 Å². The highest BCUT2D eigenvalue weighted by Gasteiger charge is 2.71. The van der Waals surface area contributed by atoms with Gasteiger partial charge in [-0.05, 0) is 36.4 Å². The molecule has 0 aliphatic carbocycles. The summed E-state index contributed by atoms with van der Waals surface area (Å²) in [6.07, 6.45) is -12.1. The maximum absolute atomic E-state index is 12.9. The maximum atomic E-state index is 12.9. The number of halogens is 7. The molecule has 0 unspecified atom stereocenters. The number of rotatable bonds is 4. The molecular formula is C16H12F7NO3S. The first kappa shape index (κ1) is 22.0. The van der Waals surface area contributed by atoms with Gasteiger partial charge in [0.05, 0.1) is 10.6 Å². The van der Waals surface area contributed by atoms with E-state index in [0.29, 0.717) is 28.6 Å². The molecule has 0 radical (unpaired) electrons. The van der Waals surface area contributed by atoms with Gasteiger partial charge in [0.15, 0.2) is 0 Å². The zero-order chi connectivity index (χ0) is 21.5. The predicted octanol–water partition coefficient (Wildman–Crippen LogP) is 3.96. The summed E-state index contributed by atoms with van der Waals surface area (Å²) in [6, 6.07) is 5.65. The number of aliphatic hydroxyl groups is 1. The van der Waals surface area contributed by atoms with E-state index in [2.05, 4.69) is 0 Å². The first-order valence-electron chi connectivity index (χ1n) is 7.33. The van der Waals surface area contributed by atoms with Crippen LogP contribution in [0.15, 0.2) is 53.4 Å². The third kappa shape index (κ3) is 3.65. The van der Waals surface area contributed by atoms with Crippen LogP contribution in [0.4, 0.5) is 36.4 Å². The SMILES string of the molecule is CN(c1ccc(C(O)(C(F)(F)F)C(F)(F)F)cc1)S(=O)(=O)c1ccc(F)cc1. The van der Waals surface area contributed by atoms with E-state index in [4.69, 9.17) is 0 Å². The molecule has 2 aromatic rings. The van der Waals surface area contributed by atoms with Crippen molar-refractivity contribution in [2.45, 2.75) is 22.8 Å². The Labute approximate surface area is 154 Å². The number of nitrogens with zero attached hydrogens (tertiary/aromatic N) is 1. The monoisotopic (exact) mass is 431 g/mol. The minimum atomic E-state index is -6.06. The first-order valence-corrected chi connectivity index (χ1v) is 8.77. The summed E-state index contributed by atoms with van der Waals surface area (Å²) >= 11 is 0. The van der Waals surface area contributed by atoms with Crippen LogP contribution in [-0.4, -0.2) is 32.9 Å². The van der Waals surface area contributed by atoms with Crippen LogP contribution >= 0.6 is 0 Å². The molecule has 4 nitrogen and oxygen atoms in total. The van der Waals surface area contributed by atoms with Crippen molar-refractivity contribution >= 4 is 15.7 Å². The van der Waals surface area contributed by atoms with Crippen molar-refractivity contribution < 1.29 is 44.3 Å². The van der Waals surface area contributed by atoms with Gasteiger partial charge in [-0.25, -0.2) is 12.8 Å². The van der Waals surface area contributed by atoms with Crippen LogP contribution in [0.5, 0.6) is 0 Å². The Bertz CT molecular complexity index is 922. The van der Waals surface area contributed by atoms with Crippen LogP contribution in [0, 0.1) is 5.82 Å². The summed E-state index contributed by atoms with van der Waals surface area (Å²) in [6.45, 7) is 0. The molecule has 0 saturated heterocycles. The van der Waals surface area contributed by atoms with E-state index in [1.807, 2.05) is 0 Å². The van der Waals surface area contributed by atoms with E-state index in [1.54, 1.807) is 0 Å². The molecule has 0 aliphatic heterocycles. The molecule has 0 aromatic heterocycles. The lowest BCUT2D eigenvalue weighted by Gasteiger charge is -2.33. The van der Waals surface area contributed by atoms with Gasteiger partial charge >= 0.3 is 12.4 Å². The summed E-state index contributed by atoms with van der Waals surface area (Å²) < 4.78 is 116. The van der Waals surface area contributed by atoms with Crippen molar-refractivity contribution in [1.82, 2.24) is 0 Å². The molecule has 0 fully saturated rings. The fourth-order valence-electron chi connectivity index (χ4n) is 2.30. The summed E-state index contributed by atoms with van der Waals surface area (Å²) in [5.41, 5.74) is -6.92. The van der Waals surface area contributed by atoms with Crippen LogP contribution in [0.3, 0.4) is 0 Å². The molecule has 0 atom stereocenters. The van der Waals surface area contributed by atoms with Crippen molar-refractivity contribution in [3.05, 3.63) is 59.9 Å². The second-order valence-electron chi connectivity index (χ2n) is 5.68. The molecule has 0 spiro atoms. The molecule has 0 amide bonds. The molecule has 0 bridgehead atoms. The quantitative estimate of drug-likeness (QED) is 0.746. The van der Waals surface area contributed by atoms with Crippen LogP contribution in [0.25, 0.3) is 0 Å². The molecular weight excluding hydrogens is 419 g/mol. The van der Waals surface area contributed by atoms with Crippen molar-refractivity contribution in [3.8, 4) is 0 Å². The van der Waals surface area contributed by atoms with Crippen LogP contribution in [-0.2, 0) is 15.6 Å². The Kier molecular flexibility index (Phi) is 5.43. The molecule has 0 heterocycles. The fraction of sp³-hybridized carbons (Fsp3) is 0.250. The average molecular weight is 431 g/mol. The van der Waals surface area contributed by atoms with E-state index in [9.17, 15) is 44.3 Å². The number of sulfonamides is 1. The summed E-state index contributed by atoms with van der Waals surface area (Å²) in [4.78, 5) is -0.345. The minimum absolute atomic E-state index is 0.278. The minimum Gasteiger partial charge on any atom is -0.369 e. The first-order chi connectivity index (χ1) is 12.6. The van der Waals surface area contributed by atoms with E-state index in [0.717, 1.165) is 31.3 Å². The smallest absolute Gasteiger partial charge is 0.369 e. The van der Waals surface area contributed by atoms with Crippen LogP contribution in [0.1, 0.15) is 5.56 Å².